The van der Waals surface area contributed by atoms with E-state index in [9.17, 15) is 4.79 Å². The molecule has 0 saturated carbocycles. The zero-order chi connectivity index (χ0) is 21.4. The number of carbonyl (C=O) groups is 1. The van der Waals surface area contributed by atoms with Crippen LogP contribution in [0.5, 0.6) is 0 Å². The van der Waals surface area contributed by atoms with E-state index in [1.165, 1.54) is 5.56 Å². The highest BCUT2D eigenvalue weighted by atomic mass is 16.2. The van der Waals surface area contributed by atoms with Crippen molar-refractivity contribution >= 4 is 17.4 Å². The molecule has 6 heteroatoms. The summed E-state index contributed by atoms with van der Waals surface area (Å²) in [4.78, 5) is 29.4. The van der Waals surface area contributed by atoms with Gasteiger partial charge in [-0.3, -0.25) is 9.69 Å². The smallest absolute Gasteiger partial charge is 0.244 e. The van der Waals surface area contributed by atoms with Crippen LogP contribution in [0.1, 0.15) is 50.7 Å². The Labute approximate surface area is 179 Å². The summed E-state index contributed by atoms with van der Waals surface area (Å²) in [6, 6.07) is 10.5. The molecule has 2 atom stereocenters. The molecule has 0 bridgehead atoms. The van der Waals surface area contributed by atoms with E-state index >= 15 is 0 Å². The van der Waals surface area contributed by atoms with Crippen molar-refractivity contribution in [3.63, 3.8) is 0 Å². The van der Waals surface area contributed by atoms with E-state index in [1.807, 2.05) is 17.9 Å². The van der Waals surface area contributed by atoms with Crippen LogP contribution < -0.4 is 9.80 Å². The van der Waals surface area contributed by atoms with Crippen molar-refractivity contribution in [2.24, 2.45) is 0 Å². The molecule has 2 aliphatic heterocycles. The topological polar surface area (TPSA) is 52.6 Å². The molecular formula is C24H33N5O. The van der Waals surface area contributed by atoms with Gasteiger partial charge in [-0.1, -0.05) is 32.0 Å². The van der Waals surface area contributed by atoms with E-state index < -0.39 is 0 Å². The summed E-state index contributed by atoms with van der Waals surface area (Å²) in [6.45, 7) is 13.9. The van der Waals surface area contributed by atoms with Crippen molar-refractivity contribution in [1.29, 1.82) is 0 Å². The average molecular weight is 408 g/mol. The van der Waals surface area contributed by atoms with Gasteiger partial charge in [0.25, 0.3) is 0 Å². The van der Waals surface area contributed by atoms with Gasteiger partial charge in [-0.25, -0.2) is 9.97 Å². The largest absolute Gasteiger partial charge is 0.354 e. The van der Waals surface area contributed by atoms with E-state index in [0.29, 0.717) is 5.92 Å². The number of aryl methyl sites for hydroxylation is 1. The molecule has 6 nitrogen and oxygen atoms in total. The fraction of sp³-hybridized carbons (Fsp3) is 0.542. The summed E-state index contributed by atoms with van der Waals surface area (Å²) in [7, 11) is 0. The van der Waals surface area contributed by atoms with Crippen molar-refractivity contribution < 1.29 is 4.79 Å². The van der Waals surface area contributed by atoms with Crippen LogP contribution in [-0.4, -0.2) is 59.0 Å². The van der Waals surface area contributed by atoms with E-state index in [2.05, 4.69) is 66.7 Å². The second kappa shape index (κ2) is 8.34. The summed E-state index contributed by atoms with van der Waals surface area (Å²) < 4.78 is 0. The Balaban J connectivity index is 1.43. The first-order valence-corrected chi connectivity index (χ1v) is 11.1. The van der Waals surface area contributed by atoms with Gasteiger partial charge in [0, 0.05) is 55.6 Å². The molecule has 2 aliphatic rings. The highest BCUT2D eigenvalue weighted by molar-refractivity contribution is 5.99. The fourth-order valence-corrected chi connectivity index (χ4v) is 4.59. The number of anilines is 2. The van der Waals surface area contributed by atoms with Gasteiger partial charge < -0.3 is 9.80 Å². The average Bonchev–Trinajstić information content (AvgIpc) is 3.08. The molecule has 2 unspecified atom stereocenters. The van der Waals surface area contributed by atoms with Crippen LogP contribution >= 0.6 is 0 Å². The van der Waals surface area contributed by atoms with Crippen LogP contribution in [0.25, 0.3) is 0 Å². The number of nitrogens with zero attached hydrogens (tertiary/aromatic N) is 5. The van der Waals surface area contributed by atoms with Crippen molar-refractivity contribution in [3.8, 4) is 0 Å². The zero-order valence-electron chi connectivity index (χ0n) is 18.8. The van der Waals surface area contributed by atoms with E-state index in [-0.39, 0.29) is 18.0 Å². The predicted octanol–water partition coefficient (Wildman–Crippen LogP) is 3.40. The maximum Gasteiger partial charge on any atom is 0.244 e. The number of aromatic nitrogens is 2. The first-order valence-electron chi connectivity index (χ1n) is 11.1. The van der Waals surface area contributed by atoms with E-state index in [4.69, 9.17) is 4.98 Å². The second-order valence-electron chi connectivity index (χ2n) is 8.97. The van der Waals surface area contributed by atoms with Gasteiger partial charge in [0.15, 0.2) is 0 Å². The number of piperazine rings is 1. The molecule has 4 rings (SSSR count). The lowest BCUT2D eigenvalue weighted by Crippen LogP contribution is -2.55. The Bertz CT molecular complexity index is 920. The summed E-state index contributed by atoms with van der Waals surface area (Å²) in [5.41, 5.74) is 3.37. The minimum Gasteiger partial charge on any atom is -0.354 e. The van der Waals surface area contributed by atoms with Crippen LogP contribution in [0, 0.1) is 6.92 Å². The Morgan fingerprint density at radius 3 is 2.47 bits per heavy atom. The maximum absolute atomic E-state index is 13.4. The Morgan fingerprint density at radius 1 is 1.07 bits per heavy atom. The number of benzene rings is 1. The summed E-state index contributed by atoms with van der Waals surface area (Å²) in [6.07, 6.45) is 0.938. The van der Waals surface area contributed by atoms with Gasteiger partial charge in [-0.05, 0) is 38.8 Å². The molecule has 2 aromatic rings. The molecule has 1 fully saturated rings. The number of hydrogen-bond donors (Lipinski definition) is 0. The molecule has 1 aromatic heterocycles. The molecule has 1 saturated heterocycles. The quantitative estimate of drug-likeness (QED) is 0.778. The molecule has 0 aliphatic carbocycles. The van der Waals surface area contributed by atoms with E-state index in [1.54, 1.807) is 0 Å². The van der Waals surface area contributed by atoms with Crippen molar-refractivity contribution in [2.45, 2.75) is 59.0 Å². The number of rotatable bonds is 4. The third-order valence-electron chi connectivity index (χ3n) is 6.36. The highest BCUT2D eigenvalue weighted by Crippen LogP contribution is 2.33. The monoisotopic (exact) mass is 407 g/mol. The molecule has 0 radical (unpaired) electrons. The fourth-order valence-electron chi connectivity index (χ4n) is 4.59. The predicted molar refractivity (Wildman–Crippen MR) is 121 cm³/mol. The van der Waals surface area contributed by atoms with Crippen LogP contribution in [0.15, 0.2) is 30.3 Å². The van der Waals surface area contributed by atoms with Gasteiger partial charge >= 0.3 is 0 Å². The minimum absolute atomic E-state index is 0.126. The van der Waals surface area contributed by atoms with Gasteiger partial charge in [0.1, 0.15) is 11.6 Å². The van der Waals surface area contributed by atoms with E-state index in [0.717, 1.165) is 55.6 Å². The molecule has 0 N–H and O–H groups in total. The third kappa shape index (κ3) is 3.93. The molecule has 160 valence electrons. The van der Waals surface area contributed by atoms with Gasteiger partial charge in [-0.2, -0.15) is 0 Å². The van der Waals surface area contributed by atoms with Gasteiger partial charge in [0.2, 0.25) is 5.91 Å². The van der Waals surface area contributed by atoms with Crippen LogP contribution in [-0.2, 0) is 11.2 Å². The number of carbonyl (C=O) groups excluding carboxylic acids is 1. The number of hydrogen-bond acceptors (Lipinski definition) is 5. The lowest BCUT2D eigenvalue weighted by molar-refractivity contribution is -0.123. The highest BCUT2D eigenvalue weighted by Gasteiger charge is 2.36. The SMILES string of the molecule is Cc1cc(N2CCN(C(C)C(=O)N3c4ccccc4CC3C)CC2)nc(C(C)C)n1. The standard InChI is InChI=1S/C24H33N5O/c1-16(2)23-25-17(3)14-22(26-23)28-12-10-27(11-13-28)19(5)24(30)29-18(4)15-20-8-6-7-9-21(20)29/h6-9,14,16,18-19H,10-13,15H2,1-5H3. The lowest BCUT2D eigenvalue weighted by atomic mass is 10.1. The molecule has 0 spiro atoms. The van der Waals surface area contributed by atoms with Crippen molar-refractivity contribution in [2.75, 3.05) is 36.0 Å². The molecule has 30 heavy (non-hydrogen) atoms. The lowest BCUT2D eigenvalue weighted by Gasteiger charge is -2.39. The third-order valence-corrected chi connectivity index (χ3v) is 6.36. The van der Waals surface area contributed by atoms with Crippen LogP contribution in [0.3, 0.4) is 0 Å². The number of amides is 1. The molecule has 1 aromatic carbocycles. The summed E-state index contributed by atoms with van der Waals surface area (Å²) >= 11 is 0. The normalized spacial score (nSPS) is 20.5. The Kier molecular flexibility index (Phi) is 5.78. The van der Waals surface area contributed by atoms with Gasteiger partial charge in [-0.15, -0.1) is 0 Å². The van der Waals surface area contributed by atoms with Crippen LogP contribution in [0.2, 0.25) is 0 Å². The zero-order valence-corrected chi connectivity index (χ0v) is 18.8. The Morgan fingerprint density at radius 2 is 1.77 bits per heavy atom. The number of fused-ring (bicyclic) bond motifs is 1. The second-order valence-corrected chi connectivity index (χ2v) is 8.97. The summed E-state index contributed by atoms with van der Waals surface area (Å²) in [5.74, 6) is 2.43. The maximum atomic E-state index is 13.4. The van der Waals surface area contributed by atoms with Crippen LogP contribution in [0.4, 0.5) is 11.5 Å². The number of para-hydroxylation sites is 1. The molecule has 1 amide bonds. The first kappa shape index (κ1) is 20.8. The Hall–Kier alpha value is -2.47. The van der Waals surface area contributed by atoms with Crippen molar-refractivity contribution in [3.05, 3.63) is 47.4 Å². The molecular weight excluding hydrogens is 374 g/mol. The van der Waals surface area contributed by atoms with Crippen molar-refractivity contribution in [1.82, 2.24) is 14.9 Å². The summed E-state index contributed by atoms with van der Waals surface area (Å²) in [5, 5.41) is 0. The first-order chi connectivity index (χ1) is 14.3. The minimum atomic E-state index is -0.126. The van der Waals surface area contributed by atoms with Gasteiger partial charge in [0.05, 0.1) is 6.04 Å². The molecule has 3 heterocycles.